The monoisotopic (exact) mass is 719 g/mol. The molecule has 2 N–H and O–H groups in total. The number of phenolic OH excluding ortho intramolecular Hbond substituents is 2. The molecule has 0 aliphatic rings. The Balaban J connectivity index is 2.76. The summed E-state index contributed by atoms with van der Waals surface area (Å²) in [7, 11) is 0. The van der Waals surface area contributed by atoms with Gasteiger partial charge in [-0.1, -0.05) is 119 Å². The fraction of sp³-hybridized carbons (Fsp3) is 0.714. The number of unbranched alkanes of at least 4 members (excludes halogenated alkanes) is 12. The molecule has 0 saturated heterocycles. The van der Waals surface area contributed by atoms with Gasteiger partial charge in [-0.15, -0.1) is 0 Å². The van der Waals surface area contributed by atoms with Crippen molar-refractivity contribution < 1.29 is 43.4 Å². The van der Waals surface area contributed by atoms with Gasteiger partial charge < -0.3 is 43.4 Å². The number of rotatable bonds is 32. The van der Waals surface area contributed by atoms with E-state index in [1.165, 1.54) is 0 Å². The first kappa shape index (κ1) is 43.8. The lowest BCUT2D eigenvalue weighted by atomic mass is 10.2. The van der Waals surface area contributed by atoms with Crippen molar-refractivity contribution in [2.45, 2.75) is 157 Å². The van der Waals surface area contributed by atoms with E-state index in [9.17, 15) is 10.2 Å². The number of aromatic hydroxyl groups is 2. The number of hydrogen-bond donors (Lipinski definition) is 2. The van der Waals surface area contributed by atoms with Gasteiger partial charge in [0.15, 0.2) is 23.0 Å². The van der Waals surface area contributed by atoms with Crippen molar-refractivity contribution in [2.75, 3.05) is 39.6 Å². The standard InChI is InChI=1S/C42H70O9/c1-7-13-19-25-45-33-31-35(39(47-27-21-15-9-3)41(37(33)43)49-29-23-17-11-5)51-36-32-34(46-26-20-14-8-2)38(44)42(50-30-24-18-12-6)40(36)48-28-22-16-10-4/h31-32,43-44H,7-30H2,1-6H3. The molecule has 2 aromatic carbocycles. The zero-order valence-corrected chi connectivity index (χ0v) is 32.9. The normalized spacial score (nSPS) is 11.0. The first-order valence-electron chi connectivity index (χ1n) is 20.2. The Morgan fingerprint density at radius 1 is 0.333 bits per heavy atom. The van der Waals surface area contributed by atoms with Crippen LogP contribution in [-0.2, 0) is 0 Å². The summed E-state index contributed by atoms with van der Waals surface area (Å²) in [5.41, 5.74) is 0. The van der Waals surface area contributed by atoms with Crippen LogP contribution in [0.15, 0.2) is 12.1 Å². The fourth-order valence-electron chi connectivity index (χ4n) is 5.37. The first-order valence-corrected chi connectivity index (χ1v) is 20.2. The highest BCUT2D eigenvalue weighted by molar-refractivity contribution is 5.69. The van der Waals surface area contributed by atoms with Crippen LogP contribution in [0.4, 0.5) is 0 Å². The molecule has 0 aromatic heterocycles. The highest BCUT2D eigenvalue weighted by Gasteiger charge is 2.28. The molecule has 2 rings (SSSR count). The van der Waals surface area contributed by atoms with Gasteiger partial charge in [0.2, 0.25) is 34.5 Å². The van der Waals surface area contributed by atoms with Crippen LogP contribution in [0.1, 0.15) is 157 Å². The largest absolute Gasteiger partial charge is 0.502 e. The minimum Gasteiger partial charge on any atom is -0.502 e. The van der Waals surface area contributed by atoms with Crippen LogP contribution in [-0.4, -0.2) is 49.9 Å². The van der Waals surface area contributed by atoms with Gasteiger partial charge in [0.1, 0.15) is 0 Å². The smallest absolute Gasteiger partial charge is 0.211 e. The van der Waals surface area contributed by atoms with Crippen molar-refractivity contribution >= 4 is 0 Å². The van der Waals surface area contributed by atoms with Crippen LogP contribution < -0.4 is 33.2 Å². The highest BCUT2D eigenvalue weighted by Crippen LogP contribution is 2.55. The van der Waals surface area contributed by atoms with Crippen LogP contribution in [0.3, 0.4) is 0 Å². The van der Waals surface area contributed by atoms with E-state index in [1.54, 1.807) is 12.1 Å². The van der Waals surface area contributed by atoms with Crippen molar-refractivity contribution in [1.29, 1.82) is 0 Å². The molecule has 9 heteroatoms. The maximum Gasteiger partial charge on any atom is 0.211 e. The highest BCUT2D eigenvalue weighted by atomic mass is 16.6. The van der Waals surface area contributed by atoms with Gasteiger partial charge in [-0.05, 0) is 38.5 Å². The van der Waals surface area contributed by atoms with Crippen LogP contribution in [0, 0.1) is 0 Å². The Morgan fingerprint density at radius 3 is 0.863 bits per heavy atom. The van der Waals surface area contributed by atoms with E-state index in [0.717, 1.165) is 116 Å². The molecule has 292 valence electrons. The summed E-state index contributed by atoms with van der Waals surface area (Å²) in [6.45, 7) is 15.3. The number of benzene rings is 2. The Hall–Kier alpha value is -3.36. The summed E-state index contributed by atoms with van der Waals surface area (Å²) in [5, 5.41) is 23.0. The molecule has 0 spiro atoms. The van der Waals surface area contributed by atoms with Crippen molar-refractivity contribution in [1.82, 2.24) is 0 Å². The van der Waals surface area contributed by atoms with Crippen LogP contribution in [0.2, 0.25) is 0 Å². The second-order valence-electron chi connectivity index (χ2n) is 13.2. The maximum atomic E-state index is 11.5. The second-order valence-corrected chi connectivity index (χ2v) is 13.2. The van der Waals surface area contributed by atoms with Crippen molar-refractivity contribution in [3.05, 3.63) is 12.1 Å². The van der Waals surface area contributed by atoms with Crippen LogP contribution in [0.5, 0.6) is 57.5 Å². The lowest BCUT2D eigenvalue weighted by Crippen LogP contribution is -2.08. The second kappa shape index (κ2) is 27.3. The molecular formula is C42H70O9. The maximum absolute atomic E-state index is 11.5. The lowest BCUT2D eigenvalue weighted by molar-refractivity contribution is 0.224. The quantitative estimate of drug-likeness (QED) is 0.0715. The molecule has 0 bridgehead atoms. The Kier molecular flexibility index (Phi) is 23.5. The molecule has 0 amide bonds. The van der Waals surface area contributed by atoms with E-state index in [-0.39, 0.29) is 34.5 Å². The third kappa shape index (κ3) is 15.8. The summed E-state index contributed by atoms with van der Waals surface area (Å²) < 4.78 is 44.3. The third-order valence-corrected chi connectivity index (χ3v) is 8.49. The zero-order valence-electron chi connectivity index (χ0n) is 32.9. The summed E-state index contributed by atoms with van der Waals surface area (Å²) >= 11 is 0. The summed E-state index contributed by atoms with van der Waals surface area (Å²) in [4.78, 5) is 0. The summed E-state index contributed by atoms with van der Waals surface area (Å²) in [6, 6.07) is 3.32. The van der Waals surface area contributed by atoms with Crippen LogP contribution in [0.25, 0.3) is 0 Å². The molecule has 0 atom stereocenters. The lowest BCUT2D eigenvalue weighted by Gasteiger charge is -2.23. The third-order valence-electron chi connectivity index (χ3n) is 8.49. The molecule has 51 heavy (non-hydrogen) atoms. The van der Waals surface area contributed by atoms with Crippen molar-refractivity contribution in [3.8, 4) is 57.5 Å². The summed E-state index contributed by atoms with van der Waals surface area (Å²) in [5.74, 6) is 1.88. The van der Waals surface area contributed by atoms with Gasteiger partial charge in [0.05, 0.1) is 39.6 Å². The number of phenols is 2. The molecule has 0 radical (unpaired) electrons. The van der Waals surface area contributed by atoms with E-state index in [1.807, 2.05) is 0 Å². The molecule has 2 aromatic rings. The van der Waals surface area contributed by atoms with E-state index >= 15 is 0 Å². The van der Waals surface area contributed by atoms with E-state index in [0.29, 0.717) is 62.6 Å². The van der Waals surface area contributed by atoms with Gasteiger partial charge >= 0.3 is 0 Å². The van der Waals surface area contributed by atoms with Gasteiger partial charge in [0, 0.05) is 12.1 Å². The molecule has 0 aliphatic heterocycles. The topological polar surface area (TPSA) is 105 Å². The van der Waals surface area contributed by atoms with Gasteiger partial charge in [-0.2, -0.15) is 0 Å². The first-order chi connectivity index (χ1) is 25.0. The zero-order chi connectivity index (χ0) is 37.1. The van der Waals surface area contributed by atoms with E-state index in [2.05, 4.69) is 41.5 Å². The number of hydrogen-bond acceptors (Lipinski definition) is 9. The minimum absolute atomic E-state index is 0.109. The molecule has 0 unspecified atom stereocenters. The minimum atomic E-state index is -0.109. The molecular weight excluding hydrogens is 648 g/mol. The van der Waals surface area contributed by atoms with Gasteiger partial charge in [-0.25, -0.2) is 0 Å². The Morgan fingerprint density at radius 2 is 0.588 bits per heavy atom. The van der Waals surface area contributed by atoms with Gasteiger partial charge in [0.25, 0.3) is 0 Å². The fourth-order valence-corrected chi connectivity index (χ4v) is 5.37. The van der Waals surface area contributed by atoms with Crippen molar-refractivity contribution in [2.24, 2.45) is 0 Å². The van der Waals surface area contributed by atoms with E-state index in [4.69, 9.17) is 33.2 Å². The molecule has 0 fully saturated rings. The Labute approximate surface area is 309 Å². The predicted molar refractivity (Wildman–Crippen MR) is 206 cm³/mol. The average molecular weight is 719 g/mol. The van der Waals surface area contributed by atoms with Crippen molar-refractivity contribution in [3.63, 3.8) is 0 Å². The molecule has 0 saturated carbocycles. The van der Waals surface area contributed by atoms with Crippen LogP contribution >= 0.6 is 0 Å². The predicted octanol–water partition coefficient (Wildman–Crippen LogP) is 12.3. The molecule has 0 heterocycles. The molecule has 9 nitrogen and oxygen atoms in total. The average Bonchev–Trinajstić information content (AvgIpc) is 3.13. The SMILES string of the molecule is CCCCCOc1cc(Oc2cc(OCCCCC)c(O)c(OCCCCC)c2OCCCCC)c(OCCCCC)c(OCCCCC)c1O. The Bertz CT molecular complexity index is 1110. The number of ether oxygens (including phenoxy) is 7. The van der Waals surface area contributed by atoms with Gasteiger partial charge in [-0.3, -0.25) is 0 Å². The molecule has 0 aliphatic carbocycles. The van der Waals surface area contributed by atoms with E-state index < -0.39 is 0 Å². The summed E-state index contributed by atoms with van der Waals surface area (Å²) in [6.07, 6.45) is 17.3.